The Morgan fingerprint density at radius 1 is 0.979 bits per heavy atom. The molecule has 3 aliphatic rings. The number of aromatic amines is 1. The number of carbonyl (C=O) groups is 2. The van der Waals surface area contributed by atoms with Gasteiger partial charge in [-0.3, -0.25) is 4.79 Å². The molecule has 1 aliphatic heterocycles. The molecule has 11 heteroatoms. The van der Waals surface area contributed by atoms with Gasteiger partial charge in [-0.05, 0) is 93.3 Å². The number of piperidine rings is 1. The quantitative estimate of drug-likeness (QED) is 0.192. The van der Waals surface area contributed by atoms with E-state index in [0.29, 0.717) is 34.7 Å². The average molecular weight is 644 g/mol. The lowest BCUT2D eigenvalue weighted by molar-refractivity contribution is 0.0513. The summed E-state index contributed by atoms with van der Waals surface area (Å²) in [6.45, 7) is 3.75. The smallest absolute Gasteiger partial charge is 0.374 e. The number of likely N-dealkylation sites (tertiary alicyclic amines) is 1. The van der Waals surface area contributed by atoms with Gasteiger partial charge >= 0.3 is 5.97 Å². The SMILES string of the molecule is CCOC(=O)c1nc2cc(-c3ccc4cc(-c5nc6cc(C(=O)N7CC8CCC7C8)cc(OC)c6n5C)n(CC5CC5)c4n3)ccc2[nH]1. The molecule has 1 amide bonds. The summed E-state index contributed by atoms with van der Waals surface area (Å²) < 4.78 is 15.4. The van der Waals surface area contributed by atoms with Crippen LogP contribution in [0.25, 0.3) is 55.9 Å². The first-order chi connectivity index (χ1) is 23.4. The van der Waals surface area contributed by atoms with E-state index >= 15 is 0 Å². The van der Waals surface area contributed by atoms with Crippen LogP contribution >= 0.6 is 0 Å². The van der Waals surface area contributed by atoms with Gasteiger partial charge in [0.05, 0.1) is 41.7 Å². The van der Waals surface area contributed by atoms with Crippen molar-refractivity contribution in [3.8, 4) is 28.5 Å². The van der Waals surface area contributed by atoms with Crippen molar-refractivity contribution in [3.63, 3.8) is 0 Å². The summed E-state index contributed by atoms with van der Waals surface area (Å²) in [6, 6.07) is 16.3. The molecule has 48 heavy (non-hydrogen) atoms. The first-order valence-electron chi connectivity index (χ1n) is 16.9. The fourth-order valence-corrected chi connectivity index (χ4v) is 7.84. The molecule has 2 unspecified atom stereocenters. The Kier molecular flexibility index (Phi) is 6.60. The normalized spacial score (nSPS) is 18.9. The number of methoxy groups -OCH3 is 1. The van der Waals surface area contributed by atoms with E-state index in [4.69, 9.17) is 19.4 Å². The Morgan fingerprint density at radius 2 is 1.85 bits per heavy atom. The van der Waals surface area contributed by atoms with Crippen LogP contribution in [0.3, 0.4) is 0 Å². The van der Waals surface area contributed by atoms with Crippen LogP contribution in [0.15, 0.2) is 48.5 Å². The van der Waals surface area contributed by atoms with Crippen molar-refractivity contribution in [1.82, 2.24) is 34.0 Å². The number of imidazole rings is 2. The van der Waals surface area contributed by atoms with Gasteiger partial charge < -0.3 is 28.5 Å². The Balaban J connectivity index is 1.12. The van der Waals surface area contributed by atoms with E-state index in [1.54, 1.807) is 14.0 Å². The van der Waals surface area contributed by atoms with Gasteiger partial charge in [0.15, 0.2) is 5.82 Å². The van der Waals surface area contributed by atoms with Crippen LogP contribution in [0.2, 0.25) is 0 Å². The summed E-state index contributed by atoms with van der Waals surface area (Å²) in [6.07, 6.45) is 5.82. The molecule has 6 aromatic rings. The number of aryl methyl sites for hydroxylation is 1. The van der Waals surface area contributed by atoms with Gasteiger partial charge in [0.1, 0.15) is 16.9 Å². The van der Waals surface area contributed by atoms with Crippen LogP contribution in [0.1, 0.15) is 60.0 Å². The molecular formula is C37H37N7O4. The number of benzene rings is 2. The molecule has 1 saturated heterocycles. The number of carbonyl (C=O) groups excluding carboxylic acids is 2. The van der Waals surface area contributed by atoms with Gasteiger partial charge in [0.2, 0.25) is 5.82 Å². The van der Waals surface area contributed by atoms with Gasteiger partial charge in [-0.15, -0.1) is 0 Å². The average Bonchev–Trinajstić information content (AvgIpc) is 3.51. The molecule has 2 atom stereocenters. The number of nitrogens with zero attached hydrogens (tertiary/aromatic N) is 6. The zero-order valence-electron chi connectivity index (χ0n) is 27.3. The molecule has 2 saturated carbocycles. The molecule has 4 aromatic heterocycles. The minimum atomic E-state index is -0.471. The monoisotopic (exact) mass is 643 g/mol. The molecule has 2 aromatic carbocycles. The predicted molar refractivity (Wildman–Crippen MR) is 182 cm³/mol. The molecule has 244 valence electrons. The second-order valence-electron chi connectivity index (χ2n) is 13.6. The third kappa shape index (κ3) is 4.66. The zero-order valence-corrected chi connectivity index (χ0v) is 27.3. The number of pyridine rings is 1. The topological polar surface area (TPSA) is 120 Å². The number of esters is 1. The van der Waals surface area contributed by atoms with Crippen molar-refractivity contribution >= 4 is 45.0 Å². The number of nitrogens with one attached hydrogen (secondary N) is 1. The summed E-state index contributed by atoms with van der Waals surface area (Å²) >= 11 is 0. The predicted octanol–water partition coefficient (Wildman–Crippen LogP) is 6.35. The van der Waals surface area contributed by atoms with Crippen molar-refractivity contribution in [3.05, 3.63) is 59.9 Å². The Bertz CT molecular complexity index is 2280. The third-order valence-corrected chi connectivity index (χ3v) is 10.4. The number of amides is 1. The van der Waals surface area contributed by atoms with E-state index in [1.807, 2.05) is 43.4 Å². The number of aromatic nitrogens is 6. The van der Waals surface area contributed by atoms with Crippen LogP contribution < -0.4 is 4.74 Å². The van der Waals surface area contributed by atoms with Crippen LogP contribution in [-0.4, -0.2) is 72.1 Å². The number of hydrogen-bond donors (Lipinski definition) is 1. The Hall–Kier alpha value is -5.19. The lowest BCUT2D eigenvalue weighted by atomic mass is 10.1. The first-order valence-corrected chi connectivity index (χ1v) is 16.9. The second kappa shape index (κ2) is 10.9. The Morgan fingerprint density at radius 3 is 2.60 bits per heavy atom. The van der Waals surface area contributed by atoms with Crippen molar-refractivity contribution in [2.45, 2.75) is 51.6 Å². The van der Waals surface area contributed by atoms with Gasteiger partial charge in [-0.2, -0.15) is 0 Å². The minimum Gasteiger partial charge on any atom is -0.494 e. The highest BCUT2D eigenvalue weighted by Gasteiger charge is 2.40. The van der Waals surface area contributed by atoms with Gasteiger partial charge in [0.25, 0.3) is 5.91 Å². The lowest BCUT2D eigenvalue weighted by Gasteiger charge is -2.27. The van der Waals surface area contributed by atoms with E-state index in [2.05, 4.69) is 36.1 Å². The summed E-state index contributed by atoms with van der Waals surface area (Å²) in [4.78, 5) is 45.9. The van der Waals surface area contributed by atoms with Gasteiger partial charge in [-0.25, -0.2) is 19.7 Å². The van der Waals surface area contributed by atoms with E-state index < -0.39 is 5.97 Å². The molecule has 2 aliphatic carbocycles. The second-order valence-corrected chi connectivity index (χ2v) is 13.6. The van der Waals surface area contributed by atoms with Crippen molar-refractivity contribution in [2.24, 2.45) is 18.9 Å². The van der Waals surface area contributed by atoms with Gasteiger partial charge in [0, 0.05) is 42.7 Å². The van der Waals surface area contributed by atoms with E-state index in [-0.39, 0.29) is 18.3 Å². The van der Waals surface area contributed by atoms with Crippen molar-refractivity contribution in [1.29, 1.82) is 0 Å². The third-order valence-electron chi connectivity index (χ3n) is 10.4. The van der Waals surface area contributed by atoms with Crippen molar-refractivity contribution in [2.75, 3.05) is 20.3 Å². The summed E-state index contributed by atoms with van der Waals surface area (Å²) in [5, 5.41) is 1.03. The standard InChI is InChI=1S/C37H37N7O4/c1-4-48-37(46)33-38-27-12-8-22(14-28(27)39-33)26-11-9-23-16-30(44(34(23)40-26)18-20-5-6-20)35-41-29-15-24(17-31(47-3)32(29)42(35)2)36(45)43-19-21-7-10-25(43)13-21/h8-9,11-12,14-17,20-21,25H,4-7,10,13,18-19H2,1-3H3,(H,38,39). The number of H-pyrrole nitrogens is 1. The fraction of sp³-hybridized carbons (Fsp3) is 0.378. The van der Waals surface area contributed by atoms with E-state index in [0.717, 1.165) is 76.3 Å². The number of rotatable bonds is 8. The maximum atomic E-state index is 13.7. The first kappa shape index (κ1) is 29.0. The molecule has 2 bridgehead atoms. The molecular weight excluding hydrogens is 606 g/mol. The molecule has 9 rings (SSSR count). The van der Waals surface area contributed by atoms with Gasteiger partial charge in [-0.1, -0.05) is 6.07 Å². The molecule has 0 radical (unpaired) electrons. The molecule has 11 nitrogen and oxygen atoms in total. The Labute approximate surface area is 276 Å². The summed E-state index contributed by atoms with van der Waals surface area (Å²) in [5.74, 6) is 2.46. The maximum Gasteiger partial charge on any atom is 0.374 e. The molecule has 5 heterocycles. The van der Waals surface area contributed by atoms with Crippen molar-refractivity contribution < 1.29 is 19.1 Å². The highest BCUT2D eigenvalue weighted by atomic mass is 16.5. The largest absolute Gasteiger partial charge is 0.494 e. The summed E-state index contributed by atoms with van der Waals surface area (Å²) in [7, 11) is 3.66. The number of ether oxygens (including phenoxy) is 2. The van der Waals surface area contributed by atoms with E-state index in [1.165, 1.54) is 19.3 Å². The number of fused-ring (bicyclic) bond motifs is 5. The molecule has 0 spiro atoms. The maximum absolute atomic E-state index is 13.7. The van der Waals surface area contributed by atoms with Crippen LogP contribution in [0.5, 0.6) is 5.75 Å². The zero-order chi connectivity index (χ0) is 32.7. The molecule has 3 fully saturated rings. The fourth-order valence-electron chi connectivity index (χ4n) is 7.84. The summed E-state index contributed by atoms with van der Waals surface area (Å²) in [5.41, 5.74) is 7.26. The van der Waals surface area contributed by atoms with Crippen LogP contribution in [0.4, 0.5) is 0 Å². The van der Waals surface area contributed by atoms with Crippen LogP contribution in [-0.2, 0) is 18.3 Å². The highest BCUT2D eigenvalue weighted by Crippen LogP contribution is 2.40. The number of hydrogen-bond acceptors (Lipinski definition) is 7. The van der Waals surface area contributed by atoms with Crippen LogP contribution in [0, 0.1) is 11.8 Å². The van der Waals surface area contributed by atoms with E-state index in [9.17, 15) is 9.59 Å². The minimum absolute atomic E-state index is 0.0688. The highest BCUT2D eigenvalue weighted by molar-refractivity contribution is 6.00. The lowest BCUT2D eigenvalue weighted by Crippen LogP contribution is -2.37. The molecule has 1 N–H and O–H groups in total.